The Kier molecular flexibility index (Phi) is 6.19. The lowest BCUT2D eigenvalue weighted by atomic mass is 10.1. The highest BCUT2D eigenvalue weighted by molar-refractivity contribution is 7.89. The van der Waals surface area contributed by atoms with Crippen LogP contribution < -0.4 is 4.74 Å². The van der Waals surface area contributed by atoms with E-state index >= 15 is 0 Å². The van der Waals surface area contributed by atoms with Crippen LogP contribution in [0.2, 0.25) is 0 Å². The van der Waals surface area contributed by atoms with Crippen LogP contribution in [-0.4, -0.2) is 60.7 Å². The van der Waals surface area contributed by atoms with Crippen LogP contribution in [0.15, 0.2) is 23.1 Å². The fourth-order valence-electron chi connectivity index (χ4n) is 3.59. The molecule has 2 fully saturated rings. The zero-order valence-electron chi connectivity index (χ0n) is 15.9. The van der Waals surface area contributed by atoms with Crippen LogP contribution in [0.4, 0.5) is 5.69 Å². The second-order valence-electron chi connectivity index (χ2n) is 7.14. The van der Waals surface area contributed by atoms with E-state index in [0.717, 1.165) is 38.2 Å². The van der Waals surface area contributed by atoms with E-state index in [-0.39, 0.29) is 16.6 Å². The molecule has 0 aliphatic carbocycles. The van der Waals surface area contributed by atoms with Gasteiger partial charge in [-0.05, 0) is 51.2 Å². The highest BCUT2D eigenvalue weighted by atomic mass is 32.2. The Bertz CT molecular complexity index is 845. The fourth-order valence-corrected chi connectivity index (χ4v) is 5.13. The second kappa shape index (κ2) is 8.44. The number of nitrogens with zero attached hydrogens (tertiary/aromatic N) is 3. The summed E-state index contributed by atoms with van der Waals surface area (Å²) in [5.41, 5.74) is -0.460. The molecule has 2 heterocycles. The van der Waals surface area contributed by atoms with E-state index in [2.05, 4.69) is 0 Å². The second-order valence-corrected chi connectivity index (χ2v) is 9.08. The summed E-state index contributed by atoms with van der Waals surface area (Å²) in [6, 6.07) is 3.58. The lowest BCUT2D eigenvalue weighted by molar-refractivity contribution is -0.386. The van der Waals surface area contributed by atoms with Crippen LogP contribution >= 0.6 is 0 Å². The Morgan fingerprint density at radius 1 is 1.11 bits per heavy atom. The van der Waals surface area contributed by atoms with E-state index in [1.807, 2.05) is 0 Å². The number of likely N-dealkylation sites (tertiary alicyclic amines) is 1. The van der Waals surface area contributed by atoms with Gasteiger partial charge in [0.05, 0.1) is 9.82 Å². The molecule has 2 saturated heterocycles. The summed E-state index contributed by atoms with van der Waals surface area (Å²) in [4.78, 5) is 24.9. The number of amides is 1. The molecule has 0 aromatic heterocycles. The van der Waals surface area contributed by atoms with Gasteiger partial charge in [-0.2, -0.15) is 4.31 Å². The number of nitro benzene ring substituents is 1. The Morgan fingerprint density at radius 2 is 1.71 bits per heavy atom. The van der Waals surface area contributed by atoms with Gasteiger partial charge in [0.15, 0.2) is 11.9 Å². The van der Waals surface area contributed by atoms with Crippen molar-refractivity contribution in [2.45, 2.75) is 50.0 Å². The first-order valence-corrected chi connectivity index (χ1v) is 11.0. The van der Waals surface area contributed by atoms with Gasteiger partial charge in [0.2, 0.25) is 10.0 Å². The van der Waals surface area contributed by atoms with Crippen LogP contribution in [0.1, 0.15) is 39.0 Å². The maximum atomic E-state index is 12.7. The maximum Gasteiger partial charge on any atom is 0.312 e. The van der Waals surface area contributed by atoms with Crippen LogP contribution in [-0.2, 0) is 14.8 Å². The van der Waals surface area contributed by atoms with Crippen molar-refractivity contribution < 1.29 is 22.9 Å². The van der Waals surface area contributed by atoms with Crippen LogP contribution in [0.3, 0.4) is 0 Å². The maximum absolute atomic E-state index is 12.7. The number of piperidine rings is 1. The predicted octanol–water partition coefficient (Wildman–Crippen LogP) is 2.16. The Morgan fingerprint density at radius 3 is 2.32 bits per heavy atom. The van der Waals surface area contributed by atoms with Gasteiger partial charge < -0.3 is 9.64 Å². The lowest BCUT2D eigenvalue weighted by Crippen LogP contribution is -2.43. The number of nitro groups is 1. The first-order chi connectivity index (χ1) is 13.3. The molecule has 1 amide bonds. The Labute approximate surface area is 164 Å². The molecule has 1 atom stereocenters. The molecule has 0 N–H and O–H groups in total. The molecule has 0 unspecified atom stereocenters. The third-order valence-corrected chi connectivity index (χ3v) is 7.04. The van der Waals surface area contributed by atoms with Crippen molar-refractivity contribution in [3.8, 4) is 5.75 Å². The highest BCUT2D eigenvalue weighted by Crippen LogP contribution is 2.32. The van der Waals surface area contributed by atoms with Crippen LogP contribution in [0.25, 0.3) is 0 Å². The molecule has 2 aliphatic rings. The molecular weight excluding hydrogens is 386 g/mol. The van der Waals surface area contributed by atoms with Crippen molar-refractivity contribution in [3.05, 3.63) is 28.3 Å². The monoisotopic (exact) mass is 411 g/mol. The number of carbonyl (C=O) groups excluding carboxylic acids is 1. The van der Waals surface area contributed by atoms with Crippen LogP contribution in [0.5, 0.6) is 5.75 Å². The highest BCUT2D eigenvalue weighted by Gasteiger charge is 2.31. The zero-order valence-corrected chi connectivity index (χ0v) is 16.7. The normalized spacial score (nSPS) is 19.4. The number of hydrogen-bond donors (Lipinski definition) is 0. The largest absolute Gasteiger partial charge is 0.474 e. The predicted molar refractivity (Wildman–Crippen MR) is 102 cm³/mol. The summed E-state index contributed by atoms with van der Waals surface area (Å²) in [5.74, 6) is -0.328. The third kappa shape index (κ3) is 4.27. The summed E-state index contributed by atoms with van der Waals surface area (Å²) in [6.45, 7) is 3.68. The molecular formula is C18H25N3O6S. The van der Waals surface area contributed by atoms with E-state index in [1.165, 1.54) is 16.4 Å². The molecule has 9 nitrogen and oxygen atoms in total. The quantitative estimate of drug-likeness (QED) is 0.524. The van der Waals surface area contributed by atoms with Gasteiger partial charge in [-0.25, -0.2) is 8.42 Å². The van der Waals surface area contributed by atoms with Gasteiger partial charge in [-0.1, -0.05) is 0 Å². The SMILES string of the molecule is C[C@H](Oc1ccc(S(=O)(=O)N2CCCC2)cc1[N+](=O)[O-])C(=O)N1CCCCC1. The third-order valence-electron chi connectivity index (χ3n) is 5.15. The molecule has 28 heavy (non-hydrogen) atoms. The molecule has 154 valence electrons. The number of carbonyl (C=O) groups is 1. The molecule has 3 rings (SSSR count). The average molecular weight is 411 g/mol. The minimum atomic E-state index is -3.78. The van der Waals surface area contributed by atoms with E-state index in [4.69, 9.17) is 4.74 Å². The van der Waals surface area contributed by atoms with Gasteiger partial charge in [0.1, 0.15) is 0 Å². The first kappa shape index (κ1) is 20.5. The number of benzene rings is 1. The molecule has 1 aromatic rings. The van der Waals surface area contributed by atoms with Gasteiger partial charge in [-0.15, -0.1) is 0 Å². The molecule has 0 saturated carbocycles. The van der Waals surface area contributed by atoms with E-state index < -0.39 is 26.7 Å². The Balaban J connectivity index is 1.81. The lowest BCUT2D eigenvalue weighted by Gasteiger charge is -2.29. The number of hydrogen-bond acceptors (Lipinski definition) is 6. The summed E-state index contributed by atoms with van der Waals surface area (Å²) in [7, 11) is -3.78. The first-order valence-electron chi connectivity index (χ1n) is 9.55. The summed E-state index contributed by atoms with van der Waals surface area (Å²) >= 11 is 0. The van der Waals surface area contributed by atoms with Crippen molar-refractivity contribution >= 4 is 21.6 Å². The summed E-state index contributed by atoms with van der Waals surface area (Å²) in [6.07, 6.45) is 3.61. The van der Waals surface area contributed by atoms with Gasteiger partial charge in [0.25, 0.3) is 5.91 Å². The smallest absolute Gasteiger partial charge is 0.312 e. The standard InChI is InChI=1S/C18H25N3O6S/c1-14(18(22)19-9-3-2-4-10-19)27-17-8-7-15(13-16(17)21(23)24)28(25,26)20-11-5-6-12-20/h7-8,13-14H,2-6,9-12H2,1H3/t14-/m0/s1. The number of ether oxygens (including phenoxy) is 1. The summed E-state index contributed by atoms with van der Waals surface area (Å²) in [5, 5.41) is 11.5. The van der Waals surface area contributed by atoms with Crippen molar-refractivity contribution in [1.82, 2.24) is 9.21 Å². The minimum Gasteiger partial charge on any atom is -0.474 e. The van der Waals surface area contributed by atoms with Crippen molar-refractivity contribution in [2.75, 3.05) is 26.2 Å². The average Bonchev–Trinajstić information content (AvgIpc) is 3.23. The molecule has 1 aromatic carbocycles. The van der Waals surface area contributed by atoms with Crippen molar-refractivity contribution in [2.24, 2.45) is 0 Å². The number of sulfonamides is 1. The van der Waals surface area contributed by atoms with Crippen molar-refractivity contribution in [1.29, 1.82) is 0 Å². The minimum absolute atomic E-state index is 0.108. The topological polar surface area (TPSA) is 110 Å². The van der Waals surface area contributed by atoms with Gasteiger partial charge >= 0.3 is 5.69 Å². The van der Waals surface area contributed by atoms with E-state index in [9.17, 15) is 23.3 Å². The molecule has 2 aliphatic heterocycles. The van der Waals surface area contributed by atoms with Crippen LogP contribution in [0, 0.1) is 10.1 Å². The van der Waals surface area contributed by atoms with Gasteiger partial charge in [-0.3, -0.25) is 14.9 Å². The molecule has 0 spiro atoms. The summed E-state index contributed by atoms with van der Waals surface area (Å²) < 4.78 is 32.2. The van der Waals surface area contributed by atoms with Crippen molar-refractivity contribution in [3.63, 3.8) is 0 Å². The molecule has 0 bridgehead atoms. The van der Waals surface area contributed by atoms with Gasteiger partial charge in [0, 0.05) is 32.2 Å². The number of rotatable bonds is 6. The van der Waals surface area contributed by atoms with E-state index in [1.54, 1.807) is 11.8 Å². The van der Waals surface area contributed by atoms with E-state index in [0.29, 0.717) is 26.2 Å². The molecule has 0 radical (unpaired) electrons. The zero-order chi connectivity index (χ0) is 20.3. The molecule has 10 heteroatoms. The fraction of sp³-hybridized carbons (Fsp3) is 0.611. The Hall–Kier alpha value is -2.20.